The predicted molar refractivity (Wildman–Crippen MR) is 128 cm³/mol. The molecule has 4 rings (SSSR count). The van der Waals surface area contributed by atoms with Crippen molar-refractivity contribution in [2.75, 3.05) is 32.1 Å². The second kappa shape index (κ2) is 9.12. The molecule has 164 valence electrons. The Hall–Kier alpha value is -2.19. The van der Waals surface area contributed by atoms with Crippen molar-refractivity contribution in [1.29, 1.82) is 0 Å². The van der Waals surface area contributed by atoms with Crippen LogP contribution in [-0.4, -0.2) is 40.5 Å². The van der Waals surface area contributed by atoms with E-state index in [9.17, 15) is 8.42 Å². The molecule has 0 radical (unpaired) electrons. The highest BCUT2D eigenvalue weighted by Crippen LogP contribution is 2.29. The van der Waals surface area contributed by atoms with Gasteiger partial charge in [0.2, 0.25) is 10.0 Å². The van der Waals surface area contributed by atoms with Crippen molar-refractivity contribution in [3.63, 3.8) is 0 Å². The number of anilines is 1. The summed E-state index contributed by atoms with van der Waals surface area (Å²) in [7, 11) is 0.508. The summed E-state index contributed by atoms with van der Waals surface area (Å²) in [6, 6.07) is 20.4. The number of aryl methyl sites for hydroxylation is 1. The fourth-order valence-electron chi connectivity index (χ4n) is 4.05. The average molecular weight is 456 g/mol. The lowest BCUT2D eigenvalue weighted by molar-refractivity contribution is 0.180. The minimum Gasteiger partial charge on any atom is -0.378 e. The molecule has 0 saturated carbocycles. The fraction of sp³-hybridized carbons (Fsp3) is 0.333. The van der Waals surface area contributed by atoms with Crippen LogP contribution in [0.4, 0.5) is 5.69 Å². The topological polar surface area (TPSA) is 52.7 Å². The first-order chi connectivity index (χ1) is 14.8. The summed E-state index contributed by atoms with van der Waals surface area (Å²) >= 11 is 1.30. The van der Waals surface area contributed by atoms with Crippen molar-refractivity contribution in [1.82, 2.24) is 9.62 Å². The quantitative estimate of drug-likeness (QED) is 0.580. The van der Waals surface area contributed by atoms with Gasteiger partial charge in [-0.3, -0.25) is 4.90 Å². The Morgan fingerprint density at radius 3 is 2.39 bits per heavy atom. The van der Waals surface area contributed by atoms with Gasteiger partial charge in [-0.25, -0.2) is 13.1 Å². The standard InChI is InChI=1S/C24H29N3O2S2/c1-18-8-13-24(30-18)31(28,29)25-16-23(20-9-11-22(12-10-20)26(2)3)27-15-14-19-6-4-5-7-21(19)17-27/h4-13,23,25H,14-17H2,1-3H3. The molecule has 1 aliphatic heterocycles. The van der Waals surface area contributed by atoms with Gasteiger partial charge in [0.25, 0.3) is 0 Å². The van der Waals surface area contributed by atoms with Crippen LogP contribution in [-0.2, 0) is 23.0 Å². The average Bonchev–Trinajstić information content (AvgIpc) is 3.21. The van der Waals surface area contributed by atoms with Gasteiger partial charge in [-0.05, 0) is 54.3 Å². The largest absolute Gasteiger partial charge is 0.378 e. The molecule has 1 N–H and O–H groups in total. The smallest absolute Gasteiger partial charge is 0.250 e. The Labute approximate surface area is 189 Å². The summed E-state index contributed by atoms with van der Waals surface area (Å²) < 4.78 is 29.0. The van der Waals surface area contributed by atoms with E-state index in [0.29, 0.717) is 10.8 Å². The third-order valence-corrected chi connectivity index (χ3v) is 8.76. The number of hydrogen-bond acceptors (Lipinski definition) is 5. The van der Waals surface area contributed by atoms with Crippen LogP contribution in [0.25, 0.3) is 0 Å². The summed E-state index contributed by atoms with van der Waals surface area (Å²) in [5, 5.41) is 0. The molecule has 0 bridgehead atoms. The molecule has 0 saturated heterocycles. The lowest BCUT2D eigenvalue weighted by Crippen LogP contribution is -2.40. The Kier molecular flexibility index (Phi) is 6.48. The number of thiophene rings is 1. The van der Waals surface area contributed by atoms with Crippen molar-refractivity contribution in [2.24, 2.45) is 0 Å². The predicted octanol–water partition coefficient (Wildman–Crippen LogP) is 4.20. The van der Waals surface area contributed by atoms with Crippen LogP contribution >= 0.6 is 11.3 Å². The summed E-state index contributed by atoms with van der Waals surface area (Å²) in [4.78, 5) is 5.44. The number of rotatable bonds is 7. The van der Waals surface area contributed by atoms with E-state index in [-0.39, 0.29) is 6.04 Å². The van der Waals surface area contributed by atoms with Crippen LogP contribution in [0.1, 0.15) is 27.6 Å². The Balaban J connectivity index is 1.60. The van der Waals surface area contributed by atoms with Gasteiger partial charge < -0.3 is 4.90 Å². The van der Waals surface area contributed by atoms with E-state index in [0.717, 1.165) is 35.6 Å². The molecule has 1 unspecified atom stereocenters. The maximum absolute atomic E-state index is 12.9. The zero-order valence-electron chi connectivity index (χ0n) is 18.2. The zero-order valence-corrected chi connectivity index (χ0v) is 19.8. The number of nitrogens with zero attached hydrogens (tertiary/aromatic N) is 2. The van der Waals surface area contributed by atoms with Gasteiger partial charge in [0.15, 0.2) is 0 Å². The lowest BCUT2D eigenvalue weighted by atomic mass is 9.96. The van der Waals surface area contributed by atoms with Crippen molar-refractivity contribution >= 4 is 27.0 Å². The van der Waals surface area contributed by atoms with Crippen molar-refractivity contribution in [3.8, 4) is 0 Å². The Morgan fingerprint density at radius 2 is 1.74 bits per heavy atom. The maximum Gasteiger partial charge on any atom is 0.250 e. The highest BCUT2D eigenvalue weighted by Gasteiger charge is 2.27. The van der Waals surface area contributed by atoms with Gasteiger partial charge in [-0.1, -0.05) is 36.4 Å². The summed E-state index contributed by atoms with van der Waals surface area (Å²) in [6.07, 6.45) is 0.972. The van der Waals surface area contributed by atoms with Crippen LogP contribution in [0.2, 0.25) is 0 Å². The molecule has 31 heavy (non-hydrogen) atoms. The van der Waals surface area contributed by atoms with Crippen molar-refractivity contribution < 1.29 is 8.42 Å². The van der Waals surface area contributed by atoms with E-state index in [4.69, 9.17) is 0 Å². The fourth-order valence-corrected chi connectivity index (χ4v) is 6.42. The number of hydrogen-bond donors (Lipinski definition) is 1. The highest BCUT2D eigenvalue weighted by atomic mass is 32.2. The molecule has 5 nitrogen and oxygen atoms in total. The molecule has 0 amide bonds. The van der Waals surface area contributed by atoms with Gasteiger partial charge >= 0.3 is 0 Å². The molecular formula is C24H29N3O2S2. The highest BCUT2D eigenvalue weighted by molar-refractivity contribution is 7.91. The van der Waals surface area contributed by atoms with E-state index < -0.39 is 10.0 Å². The molecule has 1 atom stereocenters. The molecule has 1 aliphatic rings. The minimum atomic E-state index is -3.53. The zero-order chi connectivity index (χ0) is 22.0. The van der Waals surface area contributed by atoms with Crippen LogP contribution in [0.5, 0.6) is 0 Å². The van der Waals surface area contributed by atoms with E-state index >= 15 is 0 Å². The first-order valence-corrected chi connectivity index (χ1v) is 12.8. The monoisotopic (exact) mass is 455 g/mol. The second-order valence-electron chi connectivity index (χ2n) is 8.21. The van der Waals surface area contributed by atoms with Crippen molar-refractivity contribution in [3.05, 3.63) is 82.2 Å². The summed E-state index contributed by atoms with van der Waals surface area (Å²) in [6.45, 7) is 3.97. The molecule has 0 spiro atoms. The number of fused-ring (bicyclic) bond motifs is 1. The van der Waals surface area contributed by atoms with Gasteiger partial charge in [-0.2, -0.15) is 0 Å². The van der Waals surface area contributed by atoms with Crippen LogP contribution in [0, 0.1) is 6.92 Å². The maximum atomic E-state index is 12.9. The molecule has 2 heterocycles. The van der Waals surface area contributed by atoms with E-state index in [1.165, 1.54) is 22.5 Å². The van der Waals surface area contributed by atoms with Gasteiger partial charge in [0.05, 0.1) is 0 Å². The number of benzene rings is 2. The van der Waals surface area contributed by atoms with E-state index in [1.807, 2.05) is 27.1 Å². The van der Waals surface area contributed by atoms with Crippen LogP contribution in [0.3, 0.4) is 0 Å². The SMILES string of the molecule is Cc1ccc(S(=O)(=O)NCC(c2ccc(N(C)C)cc2)N2CCc3ccccc3C2)s1. The minimum absolute atomic E-state index is 0.0413. The molecule has 3 aromatic rings. The van der Waals surface area contributed by atoms with E-state index in [1.54, 1.807) is 6.07 Å². The summed E-state index contributed by atoms with van der Waals surface area (Å²) in [5.74, 6) is 0. The third kappa shape index (κ3) is 5.01. The molecule has 7 heteroatoms. The van der Waals surface area contributed by atoms with Crippen LogP contribution in [0.15, 0.2) is 64.9 Å². The molecule has 1 aromatic heterocycles. The van der Waals surface area contributed by atoms with E-state index in [2.05, 4.69) is 63.1 Å². The first kappa shape index (κ1) is 22.0. The normalized spacial score (nSPS) is 15.5. The third-order valence-electron chi connectivity index (χ3n) is 5.84. The molecule has 2 aromatic carbocycles. The Bertz CT molecular complexity index is 1140. The number of nitrogens with one attached hydrogen (secondary N) is 1. The van der Waals surface area contributed by atoms with Gasteiger partial charge in [-0.15, -0.1) is 11.3 Å². The molecule has 0 fully saturated rings. The lowest BCUT2D eigenvalue weighted by Gasteiger charge is -2.36. The first-order valence-electron chi connectivity index (χ1n) is 10.5. The molecule has 0 aliphatic carbocycles. The second-order valence-corrected chi connectivity index (χ2v) is 11.5. The summed E-state index contributed by atoms with van der Waals surface area (Å²) in [5.41, 5.74) is 4.95. The molecular weight excluding hydrogens is 426 g/mol. The van der Waals surface area contributed by atoms with Gasteiger partial charge in [0, 0.05) is 50.3 Å². The Morgan fingerprint density at radius 1 is 1.03 bits per heavy atom. The van der Waals surface area contributed by atoms with Crippen LogP contribution < -0.4 is 9.62 Å². The van der Waals surface area contributed by atoms with Gasteiger partial charge in [0.1, 0.15) is 4.21 Å². The van der Waals surface area contributed by atoms with Crippen molar-refractivity contribution in [2.45, 2.75) is 30.1 Å². The number of sulfonamides is 1.